The van der Waals surface area contributed by atoms with Crippen LogP contribution < -0.4 is 4.74 Å². The fraction of sp³-hybridized carbons (Fsp3) is 0.448. The van der Waals surface area contributed by atoms with Gasteiger partial charge in [-0.1, -0.05) is 58.9 Å². The molecule has 1 amide bonds. The minimum atomic E-state index is -0.652. The van der Waals surface area contributed by atoms with Crippen molar-refractivity contribution in [3.05, 3.63) is 70.3 Å². The van der Waals surface area contributed by atoms with Crippen LogP contribution >= 0.6 is 0 Å². The van der Waals surface area contributed by atoms with E-state index in [-0.39, 0.29) is 16.7 Å². The molecule has 3 rings (SSSR count). The zero-order valence-corrected chi connectivity index (χ0v) is 22.0. The van der Waals surface area contributed by atoms with Gasteiger partial charge in [0.2, 0.25) is 0 Å². The van der Waals surface area contributed by atoms with E-state index in [1.807, 2.05) is 31.2 Å². The Morgan fingerprint density at radius 1 is 1.06 bits per heavy atom. The Bertz CT molecular complexity index is 1110. The summed E-state index contributed by atoms with van der Waals surface area (Å²) < 4.78 is 5.28. The van der Waals surface area contributed by atoms with Crippen molar-refractivity contribution in [2.75, 3.05) is 33.3 Å². The van der Waals surface area contributed by atoms with Crippen LogP contribution in [0.4, 0.5) is 0 Å². The van der Waals surface area contributed by atoms with Crippen molar-refractivity contribution in [2.24, 2.45) is 0 Å². The molecule has 0 aromatic heterocycles. The molecule has 1 aliphatic heterocycles. The summed E-state index contributed by atoms with van der Waals surface area (Å²) in [6.07, 6.45) is 0. The summed E-state index contributed by atoms with van der Waals surface area (Å²) in [7, 11) is 1.58. The second-order valence-corrected chi connectivity index (χ2v) is 10.1. The zero-order valence-electron chi connectivity index (χ0n) is 22.0. The first-order valence-corrected chi connectivity index (χ1v) is 12.3. The molecule has 1 saturated heterocycles. The van der Waals surface area contributed by atoms with E-state index in [1.165, 1.54) is 0 Å². The average Bonchev–Trinajstić information content (AvgIpc) is 3.08. The number of Topliss-reactive ketones (excluding diaryl/α,β-unsaturated/α-hetero) is 1. The van der Waals surface area contributed by atoms with Crippen LogP contribution in [0.2, 0.25) is 0 Å². The van der Waals surface area contributed by atoms with Crippen molar-refractivity contribution in [1.29, 1.82) is 0 Å². The van der Waals surface area contributed by atoms with Crippen molar-refractivity contribution < 1.29 is 19.4 Å². The van der Waals surface area contributed by atoms with Gasteiger partial charge in [0.25, 0.3) is 11.7 Å². The smallest absolute Gasteiger partial charge is 0.295 e. The average molecular weight is 479 g/mol. The number of likely N-dealkylation sites (tertiary alicyclic amines) is 1. The number of amides is 1. The molecular formula is C29H38N2O4. The molecule has 0 radical (unpaired) electrons. The third-order valence-electron chi connectivity index (χ3n) is 6.87. The van der Waals surface area contributed by atoms with Gasteiger partial charge in [-0.3, -0.25) is 9.59 Å². The van der Waals surface area contributed by atoms with Gasteiger partial charge in [0, 0.05) is 18.7 Å². The van der Waals surface area contributed by atoms with E-state index in [0.29, 0.717) is 24.4 Å². The number of nitrogens with zero attached hydrogens (tertiary/aromatic N) is 2. The van der Waals surface area contributed by atoms with Gasteiger partial charge in [0.05, 0.1) is 18.7 Å². The minimum absolute atomic E-state index is 0.0245. The number of methoxy groups -OCH3 is 1. The van der Waals surface area contributed by atoms with Gasteiger partial charge < -0.3 is 19.6 Å². The van der Waals surface area contributed by atoms with Crippen molar-refractivity contribution in [3.63, 3.8) is 0 Å². The Hall–Kier alpha value is -3.12. The molecule has 1 fully saturated rings. The molecular weight excluding hydrogens is 440 g/mol. The number of hydrogen-bond donors (Lipinski definition) is 1. The van der Waals surface area contributed by atoms with Gasteiger partial charge in [-0.05, 0) is 60.3 Å². The van der Waals surface area contributed by atoms with Crippen LogP contribution in [0.5, 0.6) is 5.75 Å². The molecule has 0 bridgehead atoms. The van der Waals surface area contributed by atoms with E-state index in [9.17, 15) is 14.7 Å². The number of rotatable bonds is 8. The van der Waals surface area contributed by atoms with Crippen LogP contribution in [0.25, 0.3) is 5.76 Å². The van der Waals surface area contributed by atoms with Crippen LogP contribution in [-0.2, 0) is 15.0 Å². The van der Waals surface area contributed by atoms with E-state index in [2.05, 4.69) is 39.5 Å². The van der Waals surface area contributed by atoms with Gasteiger partial charge in [-0.25, -0.2) is 0 Å². The minimum Gasteiger partial charge on any atom is -0.507 e. The standard InChI is InChI=1S/C29H38N2O4/c1-8-30(9-2)16-17-31-25(20-10-12-21(13-11-20)29(4,5)6)24(27(33)28(31)34)26(32)23-15-14-22(35-7)18-19(23)3/h10-15,18,25,32H,8-9,16-17H2,1-7H3/b26-24+/t25-/m1/s1. The number of hydrogen-bond acceptors (Lipinski definition) is 5. The molecule has 1 N–H and O–H groups in total. The van der Waals surface area contributed by atoms with Crippen molar-refractivity contribution >= 4 is 17.4 Å². The Morgan fingerprint density at radius 2 is 1.69 bits per heavy atom. The summed E-state index contributed by atoms with van der Waals surface area (Å²) in [5.41, 5.74) is 3.36. The molecule has 1 heterocycles. The molecule has 2 aromatic carbocycles. The second-order valence-electron chi connectivity index (χ2n) is 10.1. The van der Waals surface area contributed by atoms with Gasteiger partial charge >= 0.3 is 0 Å². The van der Waals surface area contributed by atoms with Crippen molar-refractivity contribution in [1.82, 2.24) is 9.80 Å². The summed E-state index contributed by atoms with van der Waals surface area (Å²) in [5.74, 6) is -0.719. The predicted octanol–water partition coefficient (Wildman–Crippen LogP) is 5.06. The van der Waals surface area contributed by atoms with Crippen LogP contribution in [0.15, 0.2) is 48.0 Å². The molecule has 188 valence electrons. The Labute approximate surface area is 209 Å². The van der Waals surface area contributed by atoms with Crippen LogP contribution in [0.3, 0.4) is 0 Å². The number of benzene rings is 2. The number of ketones is 1. The number of aliphatic hydroxyl groups is 1. The molecule has 0 spiro atoms. The van der Waals surface area contributed by atoms with E-state index in [0.717, 1.165) is 29.8 Å². The predicted molar refractivity (Wildman–Crippen MR) is 140 cm³/mol. The fourth-order valence-electron chi connectivity index (χ4n) is 4.59. The number of ether oxygens (including phenoxy) is 1. The van der Waals surface area contributed by atoms with Gasteiger partial charge in [-0.15, -0.1) is 0 Å². The molecule has 0 unspecified atom stereocenters. The highest BCUT2D eigenvalue weighted by Gasteiger charge is 2.46. The summed E-state index contributed by atoms with van der Waals surface area (Å²) >= 11 is 0. The second kappa shape index (κ2) is 10.6. The van der Waals surface area contributed by atoms with Crippen molar-refractivity contribution in [3.8, 4) is 5.75 Å². The number of aryl methyl sites for hydroxylation is 1. The number of carbonyl (C=O) groups excluding carboxylic acids is 2. The summed E-state index contributed by atoms with van der Waals surface area (Å²) in [6.45, 7) is 15.2. The topological polar surface area (TPSA) is 70.1 Å². The van der Waals surface area contributed by atoms with Crippen LogP contribution in [0.1, 0.15) is 62.9 Å². The molecule has 1 atom stereocenters. The maximum Gasteiger partial charge on any atom is 0.295 e. The largest absolute Gasteiger partial charge is 0.507 e. The lowest BCUT2D eigenvalue weighted by molar-refractivity contribution is -0.140. The molecule has 6 nitrogen and oxygen atoms in total. The summed E-state index contributed by atoms with van der Waals surface area (Å²) in [4.78, 5) is 30.4. The quantitative estimate of drug-likeness (QED) is 0.326. The zero-order chi connectivity index (χ0) is 25.9. The van der Waals surface area contributed by atoms with Gasteiger partial charge in [0.15, 0.2) is 0 Å². The number of carbonyl (C=O) groups is 2. The third-order valence-corrected chi connectivity index (χ3v) is 6.87. The molecule has 0 saturated carbocycles. The molecule has 35 heavy (non-hydrogen) atoms. The van der Waals surface area contributed by atoms with Gasteiger partial charge in [0.1, 0.15) is 11.5 Å². The Kier molecular flexibility index (Phi) is 8.06. The Morgan fingerprint density at radius 3 is 2.20 bits per heavy atom. The molecule has 6 heteroatoms. The highest BCUT2D eigenvalue weighted by atomic mass is 16.5. The lowest BCUT2D eigenvalue weighted by atomic mass is 9.85. The monoisotopic (exact) mass is 478 g/mol. The maximum atomic E-state index is 13.3. The van der Waals surface area contributed by atoms with Gasteiger partial charge in [-0.2, -0.15) is 0 Å². The first kappa shape index (κ1) is 26.5. The summed E-state index contributed by atoms with van der Waals surface area (Å²) in [6, 6.07) is 12.6. The SMILES string of the molecule is CCN(CC)CCN1C(=O)C(=O)/C(=C(/O)c2ccc(OC)cc2C)[C@H]1c1ccc(C(C)(C)C)cc1. The maximum absolute atomic E-state index is 13.3. The van der Waals surface area contributed by atoms with E-state index in [1.54, 1.807) is 30.2 Å². The summed E-state index contributed by atoms with van der Waals surface area (Å²) in [5, 5.41) is 11.4. The van der Waals surface area contributed by atoms with E-state index in [4.69, 9.17) is 4.74 Å². The fourth-order valence-corrected chi connectivity index (χ4v) is 4.59. The lowest BCUT2D eigenvalue weighted by Gasteiger charge is -2.29. The Balaban J connectivity index is 2.14. The first-order chi connectivity index (χ1) is 16.5. The molecule has 0 aliphatic carbocycles. The lowest BCUT2D eigenvalue weighted by Crippen LogP contribution is -2.38. The highest BCUT2D eigenvalue weighted by Crippen LogP contribution is 2.40. The normalized spacial score (nSPS) is 17.9. The number of aliphatic hydroxyl groups excluding tert-OH is 1. The molecule has 2 aromatic rings. The van der Waals surface area contributed by atoms with Crippen molar-refractivity contribution in [2.45, 2.75) is 53.0 Å². The first-order valence-electron chi connectivity index (χ1n) is 12.3. The molecule has 1 aliphatic rings. The van der Waals surface area contributed by atoms with Crippen LogP contribution in [-0.4, -0.2) is 59.9 Å². The van der Waals surface area contributed by atoms with Crippen LogP contribution in [0, 0.1) is 6.92 Å². The number of likely N-dealkylation sites (N-methyl/N-ethyl adjacent to an activating group) is 1. The highest BCUT2D eigenvalue weighted by molar-refractivity contribution is 6.46. The van der Waals surface area contributed by atoms with E-state index >= 15 is 0 Å². The third kappa shape index (κ3) is 5.43. The van der Waals surface area contributed by atoms with E-state index < -0.39 is 17.7 Å².